The number of ether oxygens (including phenoxy) is 1. The summed E-state index contributed by atoms with van der Waals surface area (Å²) in [6, 6.07) is 16.2. The summed E-state index contributed by atoms with van der Waals surface area (Å²) in [6.07, 6.45) is 1.14. The van der Waals surface area contributed by atoms with Crippen molar-refractivity contribution in [3.63, 3.8) is 0 Å². The molecule has 0 aliphatic heterocycles. The van der Waals surface area contributed by atoms with Gasteiger partial charge in [0.25, 0.3) is 5.91 Å². The molecule has 0 spiro atoms. The van der Waals surface area contributed by atoms with Crippen molar-refractivity contribution in [3.8, 4) is 5.75 Å². The highest BCUT2D eigenvalue weighted by atomic mass is 32.1. The van der Waals surface area contributed by atoms with Gasteiger partial charge in [0, 0.05) is 5.56 Å². The van der Waals surface area contributed by atoms with Crippen molar-refractivity contribution in [1.29, 1.82) is 0 Å². The molecule has 2 rings (SSSR count). The van der Waals surface area contributed by atoms with Crippen molar-refractivity contribution in [2.24, 2.45) is 0 Å². The lowest BCUT2D eigenvalue weighted by Crippen LogP contribution is -2.48. The van der Waals surface area contributed by atoms with Gasteiger partial charge in [-0.15, -0.1) is 0 Å². The third-order valence-corrected chi connectivity index (χ3v) is 3.96. The van der Waals surface area contributed by atoms with Crippen molar-refractivity contribution in [2.45, 2.75) is 32.8 Å². The monoisotopic (exact) mass is 385 g/mol. The largest absolute Gasteiger partial charge is 0.491 e. The summed E-state index contributed by atoms with van der Waals surface area (Å²) >= 11 is 5.05. The van der Waals surface area contributed by atoms with Gasteiger partial charge >= 0.3 is 0 Å². The first-order valence-electron chi connectivity index (χ1n) is 8.68. The summed E-state index contributed by atoms with van der Waals surface area (Å²) in [7, 11) is 0. The molecule has 1 atom stereocenters. The van der Waals surface area contributed by atoms with Crippen molar-refractivity contribution >= 4 is 29.1 Å². The van der Waals surface area contributed by atoms with E-state index in [1.165, 1.54) is 0 Å². The standard InChI is InChI=1S/C20H23N3O3S/c1-3-14(2)26-17-11-7-10-16(13-17)19(25)21-20(27)23-22-18(24)12-15-8-5-4-6-9-15/h4-11,13-14H,3,12H2,1-2H3,(H,22,24)(H2,21,23,25,27). The molecule has 142 valence electrons. The number of hydrazine groups is 1. The number of nitrogens with one attached hydrogen (secondary N) is 3. The van der Waals surface area contributed by atoms with Gasteiger partial charge in [0.1, 0.15) is 5.75 Å². The van der Waals surface area contributed by atoms with Crippen molar-refractivity contribution in [2.75, 3.05) is 0 Å². The summed E-state index contributed by atoms with van der Waals surface area (Å²) in [4.78, 5) is 24.2. The number of hydrogen-bond acceptors (Lipinski definition) is 4. The number of carbonyl (C=O) groups is 2. The van der Waals surface area contributed by atoms with E-state index in [0.29, 0.717) is 11.3 Å². The van der Waals surface area contributed by atoms with Crippen LogP contribution >= 0.6 is 12.2 Å². The number of thiocarbonyl (C=S) groups is 1. The molecule has 0 aliphatic carbocycles. The van der Waals surface area contributed by atoms with E-state index in [1.807, 2.05) is 44.2 Å². The molecular formula is C20H23N3O3S. The SMILES string of the molecule is CCC(C)Oc1cccc(C(=O)NC(=S)NNC(=O)Cc2ccccc2)c1. The Labute approximate surface area is 164 Å². The van der Waals surface area contributed by atoms with Gasteiger partial charge in [0.15, 0.2) is 5.11 Å². The summed E-state index contributed by atoms with van der Waals surface area (Å²) in [5.74, 6) is -0.0341. The smallest absolute Gasteiger partial charge is 0.257 e. The Bertz CT molecular complexity index is 796. The minimum absolute atomic E-state index is 0.00894. The molecule has 0 aromatic heterocycles. The molecule has 0 heterocycles. The van der Waals surface area contributed by atoms with Crippen LogP contribution in [0.4, 0.5) is 0 Å². The zero-order valence-corrected chi connectivity index (χ0v) is 16.1. The molecule has 0 saturated heterocycles. The number of carbonyl (C=O) groups excluding carboxylic acids is 2. The molecule has 0 bridgehead atoms. The molecule has 1 unspecified atom stereocenters. The van der Waals surface area contributed by atoms with Gasteiger partial charge in [-0.25, -0.2) is 0 Å². The fourth-order valence-corrected chi connectivity index (χ4v) is 2.33. The van der Waals surface area contributed by atoms with Crippen LogP contribution in [0.1, 0.15) is 36.2 Å². The van der Waals surface area contributed by atoms with Gasteiger partial charge in [0.05, 0.1) is 12.5 Å². The minimum Gasteiger partial charge on any atom is -0.491 e. The Kier molecular flexibility index (Phi) is 7.76. The quantitative estimate of drug-likeness (QED) is 0.526. The maximum absolute atomic E-state index is 12.3. The van der Waals surface area contributed by atoms with E-state index in [-0.39, 0.29) is 29.5 Å². The zero-order chi connectivity index (χ0) is 19.6. The molecule has 2 amide bonds. The summed E-state index contributed by atoms with van der Waals surface area (Å²) in [6.45, 7) is 3.99. The van der Waals surface area contributed by atoms with Crippen LogP contribution in [0.3, 0.4) is 0 Å². The minimum atomic E-state index is -0.389. The Balaban J connectivity index is 1.82. The maximum atomic E-state index is 12.3. The van der Waals surface area contributed by atoms with Gasteiger partial charge in [-0.3, -0.25) is 25.8 Å². The van der Waals surface area contributed by atoms with E-state index in [0.717, 1.165) is 12.0 Å². The number of benzene rings is 2. The van der Waals surface area contributed by atoms with E-state index in [1.54, 1.807) is 24.3 Å². The van der Waals surface area contributed by atoms with Crippen molar-refractivity contribution < 1.29 is 14.3 Å². The second kappa shape index (κ2) is 10.3. The van der Waals surface area contributed by atoms with Gasteiger partial charge in [0.2, 0.25) is 5.91 Å². The Morgan fingerprint density at radius 2 is 1.81 bits per heavy atom. The fraction of sp³-hybridized carbons (Fsp3) is 0.250. The predicted molar refractivity (Wildman–Crippen MR) is 108 cm³/mol. The second-order valence-corrected chi connectivity index (χ2v) is 6.39. The van der Waals surface area contributed by atoms with Crippen LogP contribution in [0, 0.1) is 0 Å². The predicted octanol–water partition coefficient (Wildman–Crippen LogP) is 2.74. The summed E-state index contributed by atoms with van der Waals surface area (Å²) in [5.41, 5.74) is 6.28. The van der Waals surface area contributed by atoms with Crippen LogP contribution in [0.15, 0.2) is 54.6 Å². The first-order valence-corrected chi connectivity index (χ1v) is 9.09. The van der Waals surface area contributed by atoms with Crippen LogP contribution in [0.2, 0.25) is 0 Å². The van der Waals surface area contributed by atoms with Crippen LogP contribution in [-0.2, 0) is 11.2 Å². The topological polar surface area (TPSA) is 79.5 Å². The molecule has 27 heavy (non-hydrogen) atoms. The first kappa shape index (κ1) is 20.4. The highest BCUT2D eigenvalue weighted by Crippen LogP contribution is 2.15. The third kappa shape index (κ3) is 7.07. The average Bonchev–Trinajstić information content (AvgIpc) is 2.67. The van der Waals surface area contributed by atoms with E-state index in [4.69, 9.17) is 17.0 Å². The molecule has 2 aromatic carbocycles. The van der Waals surface area contributed by atoms with Gasteiger partial charge in [-0.2, -0.15) is 0 Å². The van der Waals surface area contributed by atoms with E-state index in [2.05, 4.69) is 16.2 Å². The molecule has 6 nitrogen and oxygen atoms in total. The van der Waals surface area contributed by atoms with Crippen LogP contribution in [0.5, 0.6) is 5.75 Å². The van der Waals surface area contributed by atoms with Crippen molar-refractivity contribution in [1.82, 2.24) is 16.2 Å². The highest BCUT2D eigenvalue weighted by molar-refractivity contribution is 7.80. The average molecular weight is 385 g/mol. The van der Waals surface area contributed by atoms with Crippen LogP contribution < -0.4 is 20.9 Å². The Morgan fingerprint density at radius 3 is 2.52 bits per heavy atom. The molecule has 2 aromatic rings. The summed E-state index contributed by atoms with van der Waals surface area (Å²) < 4.78 is 5.71. The van der Waals surface area contributed by atoms with Crippen molar-refractivity contribution in [3.05, 3.63) is 65.7 Å². The second-order valence-electron chi connectivity index (χ2n) is 5.98. The van der Waals surface area contributed by atoms with Gasteiger partial charge in [-0.05, 0) is 49.3 Å². The molecule has 3 N–H and O–H groups in total. The van der Waals surface area contributed by atoms with E-state index in [9.17, 15) is 9.59 Å². The first-order chi connectivity index (χ1) is 13.0. The number of amides is 2. The fourth-order valence-electron chi connectivity index (χ4n) is 2.18. The Hall–Kier alpha value is -2.93. The lowest BCUT2D eigenvalue weighted by atomic mass is 10.1. The molecular weight excluding hydrogens is 362 g/mol. The lowest BCUT2D eigenvalue weighted by Gasteiger charge is -2.14. The maximum Gasteiger partial charge on any atom is 0.257 e. The molecule has 0 saturated carbocycles. The van der Waals surface area contributed by atoms with E-state index >= 15 is 0 Å². The van der Waals surface area contributed by atoms with Crippen LogP contribution in [0.25, 0.3) is 0 Å². The normalized spacial score (nSPS) is 11.2. The lowest BCUT2D eigenvalue weighted by molar-refractivity contribution is -0.121. The number of hydrogen-bond donors (Lipinski definition) is 3. The Morgan fingerprint density at radius 1 is 1.07 bits per heavy atom. The zero-order valence-electron chi connectivity index (χ0n) is 15.3. The molecule has 0 fully saturated rings. The molecule has 7 heteroatoms. The third-order valence-electron chi connectivity index (χ3n) is 3.76. The summed E-state index contributed by atoms with van der Waals surface area (Å²) in [5, 5.41) is 2.53. The van der Waals surface area contributed by atoms with Gasteiger partial charge < -0.3 is 4.74 Å². The van der Waals surface area contributed by atoms with Gasteiger partial charge in [-0.1, -0.05) is 43.3 Å². The molecule has 0 aliphatic rings. The molecule has 0 radical (unpaired) electrons. The van der Waals surface area contributed by atoms with E-state index < -0.39 is 0 Å². The highest BCUT2D eigenvalue weighted by Gasteiger charge is 2.11. The van der Waals surface area contributed by atoms with Crippen LogP contribution in [-0.4, -0.2) is 23.0 Å². The number of rotatable bonds is 6.